The van der Waals surface area contributed by atoms with Crippen molar-refractivity contribution in [1.29, 1.82) is 0 Å². The second kappa shape index (κ2) is 9.09. The fraction of sp³-hybridized carbons (Fsp3) is 0.0952. The van der Waals surface area contributed by atoms with Gasteiger partial charge in [-0.1, -0.05) is 18.2 Å². The van der Waals surface area contributed by atoms with E-state index in [1.165, 1.54) is 18.2 Å². The summed E-state index contributed by atoms with van der Waals surface area (Å²) in [5.41, 5.74) is 0.307. The molecule has 0 aliphatic heterocycles. The number of aryl methyl sites for hydroxylation is 1. The smallest absolute Gasteiger partial charge is 0.262 e. The third-order valence-corrected chi connectivity index (χ3v) is 5.53. The van der Waals surface area contributed by atoms with Gasteiger partial charge in [0.15, 0.2) is 24.1 Å². The van der Waals surface area contributed by atoms with Gasteiger partial charge in [-0.2, -0.15) is 0 Å². The van der Waals surface area contributed by atoms with Gasteiger partial charge in [0.05, 0.1) is 10.6 Å². The summed E-state index contributed by atoms with van der Waals surface area (Å²) in [7, 11) is -3.83. The first kappa shape index (κ1) is 22.2. The van der Waals surface area contributed by atoms with E-state index in [9.17, 15) is 26.4 Å². The van der Waals surface area contributed by atoms with Crippen LogP contribution >= 0.6 is 0 Å². The molecule has 3 aromatic rings. The van der Waals surface area contributed by atoms with E-state index in [1.54, 1.807) is 37.3 Å². The van der Waals surface area contributed by atoms with Crippen molar-refractivity contribution in [3.05, 3.63) is 83.7 Å². The van der Waals surface area contributed by atoms with Gasteiger partial charge in [0, 0.05) is 5.69 Å². The topological polar surface area (TPSA) is 84.5 Å². The zero-order chi connectivity index (χ0) is 22.6. The summed E-state index contributed by atoms with van der Waals surface area (Å²) in [4.78, 5) is 11.9. The molecular weight excluding hydrogens is 433 g/mol. The van der Waals surface area contributed by atoms with Crippen LogP contribution in [0.3, 0.4) is 0 Å². The molecule has 2 N–H and O–H groups in total. The lowest BCUT2D eigenvalue weighted by Gasteiger charge is -2.13. The van der Waals surface area contributed by atoms with E-state index >= 15 is 0 Å². The van der Waals surface area contributed by atoms with Gasteiger partial charge in [0.25, 0.3) is 15.9 Å². The number of benzene rings is 3. The van der Waals surface area contributed by atoms with Crippen LogP contribution in [-0.2, 0) is 14.8 Å². The maximum atomic E-state index is 13.6. The normalized spacial score (nSPS) is 11.1. The van der Waals surface area contributed by atoms with Gasteiger partial charge in [0.1, 0.15) is 5.75 Å². The molecule has 1 amide bonds. The quantitative estimate of drug-likeness (QED) is 0.528. The van der Waals surface area contributed by atoms with Crippen LogP contribution in [0.25, 0.3) is 0 Å². The van der Waals surface area contributed by atoms with Gasteiger partial charge in [0.2, 0.25) is 0 Å². The Morgan fingerprint density at radius 2 is 1.68 bits per heavy atom. The molecule has 0 unspecified atom stereocenters. The maximum absolute atomic E-state index is 13.6. The Balaban J connectivity index is 1.65. The van der Waals surface area contributed by atoms with Gasteiger partial charge >= 0.3 is 0 Å². The summed E-state index contributed by atoms with van der Waals surface area (Å²) in [5.74, 6) is -5.19. The number of rotatable bonds is 7. The van der Waals surface area contributed by atoms with Crippen LogP contribution < -0.4 is 14.8 Å². The highest BCUT2D eigenvalue weighted by Crippen LogP contribution is 2.24. The average Bonchev–Trinajstić information content (AvgIpc) is 2.73. The third-order valence-electron chi connectivity index (χ3n) is 4.15. The monoisotopic (exact) mass is 450 g/mol. The van der Waals surface area contributed by atoms with E-state index < -0.39 is 45.7 Å². The number of anilines is 2. The molecule has 0 fully saturated rings. The molecule has 10 heteroatoms. The van der Waals surface area contributed by atoms with Crippen molar-refractivity contribution < 1.29 is 31.1 Å². The van der Waals surface area contributed by atoms with Crippen molar-refractivity contribution in [2.45, 2.75) is 11.8 Å². The number of amides is 1. The van der Waals surface area contributed by atoms with Crippen LogP contribution in [0.15, 0.2) is 65.6 Å². The number of nitrogens with one attached hydrogen (secondary N) is 2. The molecule has 0 atom stereocenters. The molecule has 0 radical (unpaired) electrons. The van der Waals surface area contributed by atoms with Crippen molar-refractivity contribution in [2.24, 2.45) is 0 Å². The standard InChI is InChI=1S/C21H17F3N2O4S/c1-13-11-15(31(28,29)26-14-5-3-2-4-6-14)7-10-18(13)30-12-19(27)25-17-9-8-16(22)20(23)21(17)24/h2-11,26H,12H2,1H3,(H,25,27). The number of para-hydroxylation sites is 1. The summed E-state index contributed by atoms with van der Waals surface area (Å²) in [5, 5.41) is 2.08. The van der Waals surface area contributed by atoms with Crippen LogP contribution in [0.4, 0.5) is 24.5 Å². The highest BCUT2D eigenvalue weighted by atomic mass is 32.2. The highest BCUT2D eigenvalue weighted by Gasteiger charge is 2.17. The van der Waals surface area contributed by atoms with Crippen LogP contribution in [0.2, 0.25) is 0 Å². The lowest BCUT2D eigenvalue weighted by atomic mass is 10.2. The van der Waals surface area contributed by atoms with Gasteiger partial charge in [-0.05, 0) is 55.0 Å². The Bertz CT molecular complexity index is 1220. The maximum Gasteiger partial charge on any atom is 0.262 e. The average molecular weight is 450 g/mol. The first-order chi connectivity index (χ1) is 14.7. The van der Waals surface area contributed by atoms with Crippen LogP contribution in [0.5, 0.6) is 5.75 Å². The molecule has 3 aromatic carbocycles. The van der Waals surface area contributed by atoms with E-state index in [0.29, 0.717) is 17.3 Å². The number of hydrogen-bond acceptors (Lipinski definition) is 4. The Morgan fingerprint density at radius 3 is 2.35 bits per heavy atom. The predicted molar refractivity (Wildman–Crippen MR) is 109 cm³/mol. The van der Waals surface area contributed by atoms with Gasteiger partial charge < -0.3 is 10.1 Å². The minimum atomic E-state index is -3.83. The molecule has 0 bridgehead atoms. The van der Waals surface area contributed by atoms with E-state index in [1.807, 2.05) is 0 Å². The molecule has 0 aromatic heterocycles. The van der Waals surface area contributed by atoms with Crippen LogP contribution in [-0.4, -0.2) is 20.9 Å². The molecule has 0 saturated heterocycles. The number of sulfonamides is 1. The summed E-state index contributed by atoms with van der Waals surface area (Å²) < 4.78 is 72.6. The zero-order valence-electron chi connectivity index (χ0n) is 16.2. The summed E-state index contributed by atoms with van der Waals surface area (Å²) in [6.07, 6.45) is 0. The van der Waals surface area contributed by atoms with Gasteiger partial charge in [-0.3, -0.25) is 9.52 Å². The van der Waals surface area contributed by atoms with Crippen molar-refractivity contribution in [2.75, 3.05) is 16.6 Å². The second-order valence-corrected chi connectivity index (χ2v) is 8.14. The number of hydrogen-bond donors (Lipinski definition) is 2. The summed E-state index contributed by atoms with van der Waals surface area (Å²) >= 11 is 0. The Kier molecular flexibility index (Phi) is 6.50. The first-order valence-electron chi connectivity index (χ1n) is 8.92. The SMILES string of the molecule is Cc1cc(S(=O)(=O)Nc2ccccc2)ccc1OCC(=O)Nc1ccc(F)c(F)c1F. The Labute approximate surface area is 176 Å². The lowest BCUT2D eigenvalue weighted by Crippen LogP contribution is -2.21. The van der Waals surface area contributed by atoms with Crippen LogP contribution in [0.1, 0.15) is 5.56 Å². The number of halogens is 3. The predicted octanol–water partition coefficient (Wildman–Crippen LogP) is 4.23. The number of ether oxygens (including phenoxy) is 1. The molecule has 0 aliphatic carbocycles. The van der Waals surface area contributed by atoms with E-state index in [0.717, 1.165) is 6.07 Å². The van der Waals surface area contributed by atoms with Crippen molar-refractivity contribution in [3.8, 4) is 5.75 Å². The van der Waals surface area contributed by atoms with E-state index in [2.05, 4.69) is 10.0 Å². The molecule has 162 valence electrons. The third kappa shape index (κ3) is 5.34. The van der Waals surface area contributed by atoms with E-state index in [-0.39, 0.29) is 10.6 Å². The summed E-state index contributed by atoms with van der Waals surface area (Å²) in [6, 6.07) is 14.0. The zero-order valence-corrected chi connectivity index (χ0v) is 17.0. The highest BCUT2D eigenvalue weighted by molar-refractivity contribution is 7.92. The minimum absolute atomic E-state index is 0.00508. The Morgan fingerprint density at radius 1 is 0.968 bits per heavy atom. The molecule has 0 saturated carbocycles. The van der Waals surface area contributed by atoms with Gasteiger partial charge in [-0.15, -0.1) is 0 Å². The first-order valence-corrected chi connectivity index (χ1v) is 10.4. The molecule has 0 aliphatic rings. The largest absolute Gasteiger partial charge is 0.483 e. The molecule has 0 spiro atoms. The fourth-order valence-corrected chi connectivity index (χ4v) is 3.77. The second-order valence-electron chi connectivity index (χ2n) is 6.46. The minimum Gasteiger partial charge on any atom is -0.483 e. The van der Waals surface area contributed by atoms with Crippen LogP contribution in [0, 0.1) is 24.4 Å². The van der Waals surface area contributed by atoms with E-state index in [4.69, 9.17) is 4.74 Å². The molecule has 31 heavy (non-hydrogen) atoms. The fourth-order valence-electron chi connectivity index (χ4n) is 2.62. The Hall–Kier alpha value is -3.53. The molecule has 0 heterocycles. The van der Waals surface area contributed by atoms with Crippen molar-refractivity contribution in [3.63, 3.8) is 0 Å². The molecule has 3 rings (SSSR count). The number of carbonyl (C=O) groups is 1. The van der Waals surface area contributed by atoms with Crippen molar-refractivity contribution in [1.82, 2.24) is 0 Å². The summed E-state index contributed by atoms with van der Waals surface area (Å²) in [6.45, 7) is 1.03. The van der Waals surface area contributed by atoms with Crippen molar-refractivity contribution >= 4 is 27.3 Å². The molecule has 6 nitrogen and oxygen atoms in total. The number of carbonyl (C=O) groups excluding carboxylic acids is 1. The lowest BCUT2D eigenvalue weighted by molar-refractivity contribution is -0.118. The van der Waals surface area contributed by atoms with Gasteiger partial charge in [-0.25, -0.2) is 21.6 Å². The molecular formula is C21H17F3N2O4S.